The van der Waals surface area contributed by atoms with E-state index in [0.29, 0.717) is 51.2 Å². The number of hydrogen-bond donors (Lipinski definition) is 1. The Morgan fingerprint density at radius 3 is 1.38 bits per heavy atom. The predicted molar refractivity (Wildman–Crippen MR) is 165 cm³/mol. The second-order valence-electron chi connectivity index (χ2n) is 8.28. The van der Waals surface area contributed by atoms with Gasteiger partial charge < -0.3 is 26.6 Å². The lowest BCUT2D eigenvalue weighted by atomic mass is 10.1. The van der Waals surface area contributed by atoms with Gasteiger partial charge in [0.05, 0.1) is 0 Å². The quantitative estimate of drug-likeness (QED) is 0.0658. The predicted octanol–water partition coefficient (Wildman–Crippen LogP) is 7.40. The van der Waals surface area contributed by atoms with E-state index in [1.807, 2.05) is 41.5 Å². The second kappa shape index (κ2) is 28.1. The van der Waals surface area contributed by atoms with Crippen LogP contribution in [0.15, 0.2) is 0 Å². The molecule has 0 fully saturated rings. The molecule has 0 saturated carbocycles. The Hall–Kier alpha value is 0.564. The first-order valence-electron chi connectivity index (χ1n) is 14.5. The molecule has 0 radical (unpaired) electrons. The highest BCUT2D eigenvalue weighted by molar-refractivity contribution is 8.13. The van der Waals surface area contributed by atoms with E-state index in [9.17, 15) is 4.79 Å². The van der Waals surface area contributed by atoms with Crippen LogP contribution in [-0.4, -0.2) is 73.9 Å². The molecule has 0 unspecified atom stereocenters. The zero-order valence-corrected chi connectivity index (χ0v) is 28.7. The smallest absolute Gasteiger partial charge is 0.374 e. The topological polar surface area (TPSA) is 72.5 Å². The normalized spacial score (nSPS) is 11.9. The third-order valence-corrected chi connectivity index (χ3v) is 12.8. The standard InChI is InChI=1S/C17H36O4SSi.C9H22O3SSi/c1-5-9-10-11-12-14-17(18)22-15-13-16-23(19-6-2,20-7-3)21-8-4;1-4-10-14(11-5-2,12-6-3)9-7-8-13/h5-16H2,1-4H3;13H,4-9H2,1-3H3. The molecule has 0 aromatic carbocycles. The fraction of sp³-hybridized carbons (Fsp3) is 0.962. The molecule has 11 heteroatoms. The summed E-state index contributed by atoms with van der Waals surface area (Å²) in [4.78, 5) is 11.9. The van der Waals surface area contributed by atoms with Crippen molar-refractivity contribution in [2.24, 2.45) is 0 Å². The molecule has 7 nitrogen and oxygen atoms in total. The van der Waals surface area contributed by atoms with Crippen molar-refractivity contribution in [2.75, 3.05) is 51.1 Å². The summed E-state index contributed by atoms with van der Waals surface area (Å²) >= 11 is 5.64. The molecule has 0 saturated heterocycles. The minimum absolute atomic E-state index is 0.318. The van der Waals surface area contributed by atoms with Crippen LogP contribution in [0.1, 0.15) is 99.8 Å². The van der Waals surface area contributed by atoms with Crippen LogP contribution in [0.5, 0.6) is 0 Å². The highest BCUT2D eigenvalue weighted by Crippen LogP contribution is 2.21. The molecule has 0 amide bonds. The number of thioether (sulfide) groups is 1. The molecule has 0 aliphatic heterocycles. The minimum atomic E-state index is -2.53. The SMILES string of the molecule is CCCCCCCC(=O)SCCC[Si](OCC)(OCC)OCC.CCO[Si](CCCS)(OCC)OCC. The Morgan fingerprint density at radius 1 is 0.595 bits per heavy atom. The van der Waals surface area contributed by atoms with Crippen molar-refractivity contribution in [1.82, 2.24) is 0 Å². The zero-order chi connectivity index (χ0) is 28.3. The lowest BCUT2D eigenvalue weighted by Crippen LogP contribution is -2.46. The van der Waals surface area contributed by atoms with Crippen molar-refractivity contribution in [1.29, 1.82) is 0 Å². The Bertz CT molecular complexity index is 472. The number of thiol groups is 1. The average Bonchev–Trinajstić information content (AvgIpc) is 2.87. The molecule has 0 aromatic rings. The molecule has 0 aromatic heterocycles. The van der Waals surface area contributed by atoms with E-state index in [2.05, 4.69) is 19.6 Å². The minimum Gasteiger partial charge on any atom is -0.374 e. The Morgan fingerprint density at radius 2 is 1.00 bits per heavy atom. The van der Waals surface area contributed by atoms with Crippen LogP contribution < -0.4 is 0 Å². The summed E-state index contributed by atoms with van der Waals surface area (Å²) in [6.45, 7) is 17.8. The summed E-state index contributed by atoms with van der Waals surface area (Å²) in [5.41, 5.74) is 0. The molecule has 224 valence electrons. The van der Waals surface area contributed by atoms with Gasteiger partial charge in [0.25, 0.3) is 0 Å². The van der Waals surface area contributed by atoms with Crippen molar-refractivity contribution in [2.45, 2.75) is 112 Å². The Balaban J connectivity index is 0. The van der Waals surface area contributed by atoms with E-state index >= 15 is 0 Å². The summed E-state index contributed by atoms with van der Waals surface area (Å²) in [6, 6.07) is 1.66. The molecule has 0 atom stereocenters. The molecular formula is C26H58O7S2Si2. The second-order valence-corrected chi connectivity index (χ2v) is 15.3. The maximum Gasteiger partial charge on any atom is 0.500 e. The molecular weight excluding hydrogens is 545 g/mol. The summed E-state index contributed by atoms with van der Waals surface area (Å²) in [5.74, 6) is 1.68. The molecule has 0 spiro atoms. The van der Waals surface area contributed by atoms with Crippen molar-refractivity contribution < 1.29 is 31.4 Å². The first kappa shape index (κ1) is 39.7. The number of carbonyl (C=O) groups excluding carboxylic acids is 1. The first-order chi connectivity index (χ1) is 17.9. The largest absolute Gasteiger partial charge is 0.500 e. The summed E-state index contributed by atoms with van der Waals surface area (Å²) in [5, 5.41) is 0.318. The monoisotopic (exact) mass is 602 g/mol. The number of unbranched alkanes of at least 4 members (excludes halogenated alkanes) is 4. The van der Waals surface area contributed by atoms with E-state index in [1.165, 1.54) is 37.4 Å². The fourth-order valence-corrected chi connectivity index (χ4v) is 10.5. The van der Waals surface area contributed by atoms with E-state index in [1.54, 1.807) is 0 Å². The van der Waals surface area contributed by atoms with Gasteiger partial charge in [0.15, 0.2) is 5.12 Å². The van der Waals surface area contributed by atoms with Crippen LogP contribution in [0.3, 0.4) is 0 Å². The van der Waals surface area contributed by atoms with Gasteiger partial charge in [-0.05, 0) is 66.6 Å². The van der Waals surface area contributed by atoms with Gasteiger partial charge in [-0.15, -0.1) is 0 Å². The van der Waals surface area contributed by atoms with Crippen LogP contribution in [0, 0.1) is 0 Å². The van der Waals surface area contributed by atoms with Gasteiger partial charge in [0, 0.05) is 63.9 Å². The number of rotatable bonds is 25. The van der Waals surface area contributed by atoms with Gasteiger partial charge in [-0.25, -0.2) is 0 Å². The van der Waals surface area contributed by atoms with E-state index in [0.717, 1.165) is 42.9 Å². The molecule has 0 heterocycles. The van der Waals surface area contributed by atoms with Gasteiger partial charge in [-0.2, -0.15) is 12.6 Å². The lowest BCUT2D eigenvalue weighted by Gasteiger charge is -2.28. The van der Waals surface area contributed by atoms with E-state index in [4.69, 9.17) is 26.6 Å². The van der Waals surface area contributed by atoms with Gasteiger partial charge in [0.1, 0.15) is 0 Å². The maximum atomic E-state index is 11.9. The van der Waals surface area contributed by atoms with Crippen LogP contribution >= 0.6 is 24.4 Å². The zero-order valence-electron chi connectivity index (χ0n) is 24.9. The first-order valence-corrected chi connectivity index (χ1v) is 20.0. The summed E-state index contributed by atoms with van der Waals surface area (Å²) in [7, 11) is -4.90. The highest BCUT2D eigenvalue weighted by atomic mass is 32.2. The summed E-state index contributed by atoms with van der Waals surface area (Å²) in [6.07, 6.45) is 8.57. The number of carbonyl (C=O) groups is 1. The van der Waals surface area contributed by atoms with E-state index in [-0.39, 0.29) is 0 Å². The van der Waals surface area contributed by atoms with Gasteiger partial charge in [-0.1, -0.05) is 44.4 Å². The van der Waals surface area contributed by atoms with Crippen LogP contribution in [0.2, 0.25) is 12.1 Å². The highest BCUT2D eigenvalue weighted by Gasteiger charge is 2.40. The van der Waals surface area contributed by atoms with E-state index < -0.39 is 17.6 Å². The van der Waals surface area contributed by atoms with Crippen LogP contribution in [0.25, 0.3) is 0 Å². The Kier molecular flexibility index (Phi) is 30.2. The van der Waals surface area contributed by atoms with Gasteiger partial charge in [0.2, 0.25) is 0 Å². The van der Waals surface area contributed by atoms with Gasteiger partial charge >= 0.3 is 17.6 Å². The summed E-state index contributed by atoms with van der Waals surface area (Å²) < 4.78 is 34.5. The molecule has 0 N–H and O–H groups in total. The van der Waals surface area contributed by atoms with Gasteiger partial charge in [-0.3, -0.25) is 4.79 Å². The van der Waals surface area contributed by atoms with Crippen LogP contribution in [0.4, 0.5) is 0 Å². The lowest BCUT2D eigenvalue weighted by molar-refractivity contribution is -0.111. The molecule has 0 aliphatic rings. The fourth-order valence-electron chi connectivity index (χ4n) is 3.72. The molecule has 0 rings (SSSR count). The van der Waals surface area contributed by atoms with Crippen molar-refractivity contribution in [3.63, 3.8) is 0 Å². The van der Waals surface area contributed by atoms with Crippen molar-refractivity contribution in [3.8, 4) is 0 Å². The van der Waals surface area contributed by atoms with Crippen LogP contribution in [-0.2, 0) is 31.4 Å². The molecule has 37 heavy (non-hydrogen) atoms. The third kappa shape index (κ3) is 22.0. The van der Waals surface area contributed by atoms with Crippen molar-refractivity contribution >= 4 is 47.1 Å². The molecule has 0 aliphatic carbocycles. The Labute approximate surface area is 240 Å². The third-order valence-electron chi connectivity index (χ3n) is 5.20. The number of hydrogen-bond acceptors (Lipinski definition) is 9. The molecule has 0 bridgehead atoms. The maximum absolute atomic E-state index is 11.9. The average molecular weight is 603 g/mol. The van der Waals surface area contributed by atoms with Crippen molar-refractivity contribution in [3.05, 3.63) is 0 Å².